The summed E-state index contributed by atoms with van der Waals surface area (Å²) >= 11 is 1.58. The topological polar surface area (TPSA) is 0 Å². The molecule has 9 heteroatoms. The van der Waals surface area contributed by atoms with Crippen molar-refractivity contribution >= 4 is 9.70 Å². The number of alkyl halides is 5. The van der Waals surface area contributed by atoms with Crippen molar-refractivity contribution in [3.63, 3.8) is 0 Å². The standard InChI is InChI=1S/C16H21F5.2ClH.S.Ti/c1-12(17)11(10-8-6-7-9-10)13(2,18)15(4,20)16(5,21)14(12,3)19;;;;/h6-8,11H,9H2,1-5H3;2*1H;;/q;;;;+2/p-2. The molecule has 4 unspecified atom stereocenters. The van der Waals surface area contributed by atoms with Gasteiger partial charge in [0.15, 0.2) is 28.3 Å². The summed E-state index contributed by atoms with van der Waals surface area (Å²) in [7, 11) is 4.08. The van der Waals surface area contributed by atoms with E-state index in [4.69, 9.17) is 0 Å². The van der Waals surface area contributed by atoms with Crippen LogP contribution < -0.4 is 24.8 Å². The van der Waals surface area contributed by atoms with E-state index in [0.29, 0.717) is 20.8 Å². The van der Waals surface area contributed by atoms with Crippen molar-refractivity contribution < 1.29 is 65.4 Å². The van der Waals surface area contributed by atoms with Gasteiger partial charge in [-0.15, -0.1) is 0 Å². The number of hydrogen-bond acceptors (Lipinski definition) is 1. The van der Waals surface area contributed by atoms with Gasteiger partial charge in [0.05, 0.1) is 5.92 Å². The Labute approximate surface area is 173 Å². The Morgan fingerprint density at radius 1 is 0.840 bits per heavy atom. The summed E-state index contributed by atoms with van der Waals surface area (Å²) in [5, 5.41) is 0. The molecule has 2 aliphatic carbocycles. The molecule has 4 atom stereocenters. The van der Waals surface area contributed by atoms with Gasteiger partial charge in [-0.1, -0.05) is 23.8 Å². The zero-order valence-electron chi connectivity index (χ0n) is 14.6. The fraction of sp³-hybridized carbons (Fsp3) is 0.750. The van der Waals surface area contributed by atoms with Crippen LogP contribution in [0.25, 0.3) is 0 Å². The second kappa shape index (κ2) is 8.34. The van der Waals surface area contributed by atoms with Crippen LogP contribution in [-0.4, -0.2) is 28.3 Å². The van der Waals surface area contributed by atoms with Crippen LogP contribution >= 0.6 is 9.70 Å². The van der Waals surface area contributed by atoms with Crippen LogP contribution in [0.3, 0.4) is 0 Å². The zero-order valence-corrected chi connectivity index (χ0v) is 18.5. The second-order valence-electron chi connectivity index (χ2n) is 6.97. The summed E-state index contributed by atoms with van der Waals surface area (Å²) in [4.78, 5) is 0. The van der Waals surface area contributed by atoms with Crippen molar-refractivity contribution in [3.8, 4) is 0 Å². The Morgan fingerprint density at radius 3 is 1.48 bits per heavy atom. The maximum atomic E-state index is 15.2. The quantitative estimate of drug-likeness (QED) is 0.387. The van der Waals surface area contributed by atoms with Gasteiger partial charge in [0, 0.05) is 0 Å². The van der Waals surface area contributed by atoms with Crippen LogP contribution in [-0.2, 0) is 18.6 Å². The first-order chi connectivity index (χ1) is 10.2. The summed E-state index contributed by atoms with van der Waals surface area (Å²) in [5.41, 5.74) is -15.2. The molecule has 0 bridgehead atoms. The van der Waals surface area contributed by atoms with Crippen LogP contribution in [0.2, 0.25) is 0 Å². The van der Waals surface area contributed by atoms with Gasteiger partial charge in [-0.25, -0.2) is 22.0 Å². The average Bonchev–Trinajstić information content (AvgIpc) is 2.92. The molecule has 0 aromatic rings. The number of rotatable bonds is 1. The predicted octanol–water partition coefficient (Wildman–Crippen LogP) is -0.203. The molecular weight excluding hydrogens is 438 g/mol. The van der Waals surface area contributed by atoms with Crippen molar-refractivity contribution in [2.75, 3.05) is 0 Å². The molecule has 0 N–H and O–H groups in total. The Morgan fingerprint density at radius 2 is 1.20 bits per heavy atom. The van der Waals surface area contributed by atoms with Crippen molar-refractivity contribution in [2.45, 2.75) is 69.4 Å². The minimum atomic E-state index is -3.31. The number of hydrogen-bond donors (Lipinski definition) is 0. The van der Waals surface area contributed by atoms with Gasteiger partial charge in [0.1, 0.15) is 0 Å². The molecule has 144 valence electrons. The molecule has 2 aliphatic rings. The number of halogens is 7. The fourth-order valence-corrected chi connectivity index (χ4v) is 3.78. The third-order valence-electron chi connectivity index (χ3n) is 5.85. The van der Waals surface area contributed by atoms with Gasteiger partial charge in [0.2, 0.25) is 0 Å². The molecule has 0 aliphatic heterocycles. The third-order valence-corrected chi connectivity index (χ3v) is 5.85. The van der Waals surface area contributed by atoms with Crippen molar-refractivity contribution in [2.24, 2.45) is 5.92 Å². The molecule has 25 heavy (non-hydrogen) atoms. The van der Waals surface area contributed by atoms with E-state index in [1.807, 2.05) is 0 Å². The molecule has 0 aromatic carbocycles. The van der Waals surface area contributed by atoms with E-state index in [1.165, 1.54) is 6.08 Å². The van der Waals surface area contributed by atoms with E-state index in [9.17, 15) is 13.2 Å². The predicted molar refractivity (Wildman–Crippen MR) is 80.5 cm³/mol. The Hall–Kier alpha value is 0.644. The summed E-state index contributed by atoms with van der Waals surface area (Å²) in [6.45, 7) is 3.59. The normalized spacial score (nSPS) is 48.5. The molecule has 1 saturated carbocycles. The Kier molecular flexibility index (Phi) is 9.29. The summed E-state index contributed by atoms with van der Waals surface area (Å²) in [6, 6.07) is 0. The second-order valence-corrected chi connectivity index (χ2v) is 6.97. The zero-order chi connectivity index (χ0) is 18.5. The van der Waals surface area contributed by atoms with E-state index >= 15 is 8.78 Å². The SMILES string of the molecule is CC1(F)C(C2=CC=CC2)C(C)(F)C(C)(F)C(C)(F)C1(C)F.[Cl-].[Cl-].[S]=[Ti+2]. The number of allylic oxidation sites excluding steroid dienone is 4. The average molecular weight is 459 g/mol. The van der Waals surface area contributed by atoms with E-state index in [1.54, 1.807) is 30.7 Å². The fourth-order valence-electron chi connectivity index (χ4n) is 3.78. The van der Waals surface area contributed by atoms with E-state index in [0.717, 1.165) is 13.8 Å². The van der Waals surface area contributed by atoms with Crippen LogP contribution in [0.4, 0.5) is 22.0 Å². The van der Waals surface area contributed by atoms with E-state index in [2.05, 4.69) is 9.70 Å². The van der Waals surface area contributed by atoms with E-state index < -0.39 is 34.3 Å². The molecule has 0 saturated heterocycles. The van der Waals surface area contributed by atoms with Crippen LogP contribution in [0, 0.1) is 5.92 Å². The van der Waals surface area contributed by atoms with Gasteiger partial charge in [-0.2, -0.15) is 0 Å². The van der Waals surface area contributed by atoms with Crippen LogP contribution in [0.1, 0.15) is 41.0 Å². The summed E-state index contributed by atoms with van der Waals surface area (Å²) in [5.74, 6) is -1.70. The first-order valence-electron chi connectivity index (χ1n) is 7.23. The van der Waals surface area contributed by atoms with Gasteiger partial charge in [-0.3, -0.25) is 0 Å². The first-order valence-corrected chi connectivity index (χ1v) is 9.55. The summed E-state index contributed by atoms with van der Waals surface area (Å²) in [6.07, 6.45) is 4.89. The van der Waals surface area contributed by atoms with Crippen LogP contribution in [0.15, 0.2) is 23.8 Å². The Balaban J connectivity index is 0. The monoisotopic (exact) mass is 458 g/mol. The van der Waals surface area contributed by atoms with E-state index in [-0.39, 0.29) is 36.8 Å². The third kappa shape index (κ3) is 3.55. The van der Waals surface area contributed by atoms with Crippen molar-refractivity contribution in [3.05, 3.63) is 23.8 Å². The molecule has 0 nitrogen and oxygen atoms in total. The van der Waals surface area contributed by atoms with Gasteiger partial charge in [-0.05, 0) is 41.0 Å². The summed E-state index contributed by atoms with van der Waals surface area (Å²) < 4.78 is 75.2. The van der Waals surface area contributed by atoms with Crippen LogP contribution in [0.5, 0.6) is 0 Å². The molecule has 0 spiro atoms. The molecule has 0 heterocycles. The molecular formula is C16H21Cl2F5STi. The van der Waals surface area contributed by atoms with Gasteiger partial charge < -0.3 is 24.8 Å². The molecule has 1 fully saturated rings. The van der Waals surface area contributed by atoms with Gasteiger partial charge >= 0.3 is 28.3 Å². The first kappa shape index (κ1) is 27.9. The minimum absolute atomic E-state index is 0. The van der Waals surface area contributed by atoms with Gasteiger partial charge in [0.25, 0.3) is 0 Å². The van der Waals surface area contributed by atoms with Crippen molar-refractivity contribution in [1.82, 2.24) is 0 Å². The maximum absolute atomic E-state index is 15.2. The molecule has 0 amide bonds. The molecule has 2 rings (SSSR count). The Bertz CT molecular complexity index is 515. The van der Waals surface area contributed by atoms with Crippen molar-refractivity contribution in [1.29, 1.82) is 0 Å². The molecule has 0 radical (unpaired) electrons. The molecule has 0 aromatic heterocycles.